The fourth-order valence-electron chi connectivity index (χ4n) is 2.03. The second-order valence-electron chi connectivity index (χ2n) is 4.37. The number of carbonyl (C=O) groups is 1. The molecule has 6 heteroatoms. The molecule has 0 spiro atoms. The summed E-state index contributed by atoms with van der Waals surface area (Å²) >= 11 is 0. The van der Waals surface area contributed by atoms with E-state index in [0.717, 1.165) is 0 Å². The fourth-order valence-corrected chi connectivity index (χ4v) is 2.03. The van der Waals surface area contributed by atoms with Crippen molar-refractivity contribution in [3.63, 3.8) is 0 Å². The van der Waals surface area contributed by atoms with E-state index in [1.165, 1.54) is 0 Å². The Hall–Kier alpha value is -2.52. The number of furan rings is 1. The molecule has 0 saturated heterocycles. The lowest BCUT2D eigenvalue weighted by Crippen LogP contribution is -2.28. The van der Waals surface area contributed by atoms with Crippen molar-refractivity contribution in [3.05, 3.63) is 41.4 Å². The molecule has 0 aliphatic carbocycles. The molecule has 0 unspecified atom stereocenters. The van der Waals surface area contributed by atoms with Gasteiger partial charge in [0, 0.05) is 25.5 Å². The van der Waals surface area contributed by atoms with Crippen LogP contribution in [0.4, 0.5) is 0 Å². The van der Waals surface area contributed by atoms with Crippen molar-refractivity contribution in [2.75, 3.05) is 19.8 Å². The third kappa shape index (κ3) is 3.15. The first kappa shape index (κ1) is 14.9. The molecular weight excluding hydrogens is 270 g/mol. The molecule has 0 aliphatic rings. The van der Waals surface area contributed by atoms with Gasteiger partial charge in [0.2, 0.25) is 5.88 Å². The summed E-state index contributed by atoms with van der Waals surface area (Å²) in [5, 5.41) is 12.1. The van der Waals surface area contributed by atoms with Crippen LogP contribution in [-0.2, 0) is 4.74 Å². The van der Waals surface area contributed by atoms with Gasteiger partial charge in [0.15, 0.2) is 0 Å². The number of aryl methyl sites for hydroxylation is 1. The van der Waals surface area contributed by atoms with Crippen molar-refractivity contribution in [2.45, 2.75) is 13.8 Å². The van der Waals surface area contributed by atoms with Gasteiger partial charge >= 0.3 is 0 Å². The lowest BCUT2D eigenvalue weighted by molar-refractivity contribution is 0.0921. The van der Waals surface area contributed by atoms with Crippen LogP contribution in [0.5, 0.6) is 0 Å². The Morgan fingerprint density at radius 1 is 1.48 bits per heavy atom. The first-order chi connectivity index (χ1) is 10.2. The van der Waals surface area contributed by atoms with Crippen LogP contribution in [0, 0.1) is 18.3 Å². The topological polar surface area (TPSA) is 80.2 Å². The van der Waals surface area contributed by atoms with Crippen LogP contribution in [0.15, 0.2) is 28.9 Å². The lowest BCUT2D eigenvalue weighted by Gasteiger charge is -2.04. The number of aromatic nitrogens is 1. The molecule has 0 radical (unpaired) electrons. The van der Waals surface area contributed by atoms with Crippen LogP contribution in [0.1, 0.15) is 28.6 Å². The van der Waals surface area contributed by atoms with E-state index < -0.39 is 0 Å². The van der Waals surface area contributed by atoms with Crippen molar-refractivity contribution >= 4 is 5.91 Å². The van der Waals surface area contributed by atoms with Crippen LogP contribution in [-0.4, -0.2) is 30.2 Å². The van der Waals surface area contributed by atoms with Crippen LogP contribution in [0.25, 0.3) is 5.88 Å². The normalized spacial score (nSPS) is 10.3. The van der Waals surface area contributed by atoms with Crippen LogP contribution >= 0.6 is 0 Å². The first-order valence-corrected chi connectivity index (χ1v) is 6.71. The summed E-state index contributed by atoms with van der Waals surface area (Å²) in [7, 11) is 0. The van der Waals surface area contributed by atoms with Gasteiger partial charge in [0.25, 0.3) is 5.91 Å². The number of carbonyl (C=O) groups excluding carboxylic acids is 1. The standard InChI is InChI=1S/C15H17N3O3/c1-3-20-9-6-17-14(19)13-11(2)21-15(12(13)10-16)18-7-4-5-8-18/h4-5,7-8H,3,6,9H2,1-2H3,(H,17,19). The predicted molar refractivity (Wildman–Crippen MR) is 76.3 cm³/mol. The van der Waals surface area contributed by atoms with Crippen molar-refractivity contribution in [2.24, 2.45) is 0 Å². The summed E-state index contributed by atoms with van der Waals surface area (Å²) in [4.78, 5) is 12.2. The number of nitrogens with zero attached hydrogens (tertiary/aromatic N) is 2. The quantitative estimate of drug-likeness (QED) is 0.824. The lowest BCUT2D eigenvalue weighted by atomic mass is 10.1. The van der Waals surface area contributed by atoms with E-state index in [1.54, 1.807) is 23.9 Å². The monoisotopic (exact) mass is 287 g/mol. The molecule has 110 valence electrons. The maximum absolute atomic E-state index is 12.2. The summed E-state index contributed by atoms with van der Waals surface area (Å²) in [6.07, 6.45) is 3.52. The number of ether oxygens (including phenoxy) is 1. The molecule has 2 heterocycles. The van der Waals surface area contributed by atoms with Gasteiger partial charge in [-0.2, -0.15) is 5.26 Å². The highest BCUT2D eigenvalue weighted by atomic mass is 16.5. The second-order valence-corrected chi connectivity index (χ2v) is 4.37. The summed E-state index contributed by atoms with van der Waals surface area (Å²) < 4.78 is 12.4. The van der Waals surface area contributed by atoms with Gasteiger partial charge in [-0.15, -0.1) is 0 Å². The molecule has 21 heavy (non-hydrogen) atoms. The predicted octanol–water partition coefficient (Wildman–Crippen LogP) is 2.02. The van der Waals surface area contributed by atoms with Crippen LogP contribution in [0.3, 0.4) is 0 Å². The van der Waals surface area contributed by atoms with Crippen molar-refractivity contribution in [3.8, 4) is 12.0 Å². The zero-order valence-electron chi connectivity index (χ0n) is 12.0. The Balaban J connectivity index is 2.24. The highest BCUT2D eigenvalue weighted by Gasteiger charge is 2.24. The van der Waals surface area contributed by atoms with Gasteiger partial charge in [-0.25, -0.2) is 0 Å². The average Bonchev–Trinajstić information content (AvgIpc) is 3.10. The van der Waals surface area contributed by atoms with Gasteiger partial charge < -0.3 is 14.5 Å². The molecular formula is C15H17N3O3. The van der Waals surface area contributed by atoms with E-state index in [-0.39, 0.29) is 17.0 Å². The highest BCUT2D eigenvalue weighted by Crippen LogP contribution is 2.25. The second kappa shape index (κ2) is 6.77. The SMILES string of the molecule is CCOCCNC(=O)c1c(C)oc(-n2cccc2)c1C#N. The highest BCUT2D eigenvalue weighted by molar-refractivity contribution is 5.98. The molecule has 0 fully saturated rings. The van der Waals surface area contributed by atoms with Gasteiger partial charge in [0.05, 0.1) is 6.61 Å². The molecule has 0 aromatic carbocycles. The van der Waals surface area contributed by atoms with E-state index in [1.807, 2.05) is 25.1 Å². The summed E-state index contributed by atoms with van der Waals surface area (Å²) in [6.45, 7) is 4.98. The van der Waals surface area contributed by atoms with Crippen molar-refractivity contribution in [1.82, 2.24) is 9.88 Å². The maximum Gasteiger partial charge on any atom is 0.256 e. The van der Waals surface area contributed by atoms with Gasteiger partial charge in [-0.05, 0) is 26.0 Å². The van der Waals surface area contributed by atoms with Crippen LogP contribution < -0.4 is 5.32 Å². The minimum Gasteiger partial charge on any atom is -0.443 e. The minimum atomic E-state index is -0.328. The van der Waals surface area contributed by atoms with E-state index in [2.05, 4.69) is 5.32 Å². The van der Waals surface area contributed by atoms with Gasteiger partial charge in [0.1, 0.15) is 23.0 Å². The molecule has 2 rings (SSSR count). The Bertz CT molecular complexity index is 651. The molecule has 1 N–H and O–H groups in total. The maximum atomic E-state index is 12.2. The van der Waals surface area contributed by atoms with E-state index in [9.17, 15) is 10.1 Å². The largest absolute Gasteiger partial charge is 0.443 e. The number of rotatable bonds is 6. The summed E-state index contributed by atoms with van der Waals surface area (Å²) in [5.41, 5.74) is 0.510. The van der Waals surface area contributed by atoms with E-state index in [4.69, 9.17) is 9.15 Å². The Morgan fingerprint density at radius 3 is 2.81 bits per heavy atom. The smallest absolute Gasteiger partial charge is 0.256 e. The molecule has 0 saturated carbocycles. The Morgan fingerprint density at radius 2 is 2.19 bits per heavy atom. The summed E-state index contributed by atoms with van der Waals surface area (Å²) in [5.74, 6) is 0.449. The Kier molecular flexibility index (Phi) is 4.80. The minimum absolute atomic E-state index is 0.234. The molecule has 0 aliphatic heterocycles. The van der Waals surface area contributed by atoms with E-state index in [0.29, 0.717) is 31.4 Å². The molecule has 6 nitrogen and oxygen atoms in total. The number of amides is 1. The van der Waals surface area contributed by atoms with Gasteiger partial charge in [-0.3, -0.25) is 9.36 Å². The summed E-state index contributed by atoms with van der Waals surface area (Å²) in [6, 6.07) is 5.69. The van der Waals surface area contributed by atoms with Crippen molar-refractivity contribution in [1.29, 1.82) is 5.26 Å². The zero-order valence-corrected chi connectivity index (χ0v) is 12.0. The van der Waals surface area contributed by atoms with E-state index >= 15 is 0 Å². The number of hydrogen-bond donors (Lipinski definition) is 1. The van der Waals surface area contributed by atoms with Crippen molar-refractivity contribution < 1.29 is 13.9 Å². The number of hydrogen-bond acceptors (Lipinski definition) is 4. The number of nitrogens with one attached hydrogen (secondary N) is 1. The Labute approximate surface area is 122 Å². The molecule has 0 atom stereocenters. The molecule has 1 amide bonds. The third-order valence-corrected chi connectivity index (χ3v) is 2.98. The fraction of sp³-hybridized carbons (Fsp3) is 0.333. The van der Waals surface area contributed by atoms with Crippen LogP contribution in [0.2, 0.25) is 0 Å². The van der Waals surface area contributed by atoms with Gasteiger partial charge in [-0.1, -0.05) is 0 Å². The molecule has 0 bridgehead atoms. The third-order valence-electron chi connectivity index (χ3n) is 2.98. The molecule has 2 aromatic heterocycles. The average molecular weight is 287 g/mol. The molecule has 2 aromatic rings. The number of nitriles is 1. The zero-order chi connectivity index (χ0) is 15.2. The first-order valence-electron chi connectivity index (χ1n) is 6.71.